The van der Waals surface area contributed by atoms with Crippen molar-refractivity contribution < 1.29 is 14.0 Å². The zero-order valence-electron chi connectivity index (χ0n) is 15.0. The monoisotopic (exact) mass is 412 g/mol. The normalized spacial score (nSPS) is 12.2. The van der Waals surface area contributed by atoms with Gasteiger partial charge in [-0.25, -0.2) is 0 Å². The quantitative estimate of drug-likeness (QED) is 0.489. The van der Waals surface area contributed by atoms with Gasteiger partial charge in [0.05, 0.1) is 17.6 Å². The molecule has 2 heterocycles. The van der Waals surface area contributed by atoms with Crippen molar-refractivity contribution in [2.75, 3.05) is 6.54 Å². The van der Waals surface area contributed by atoms with Crippen LogP contribution in [-0.4, -0.2) is 18.4 Å². The Kier molecular flexibility index (Phi) is 5.07. The maximum absolute atomic E-state index is 12.4. The summed E-state index contributed by atoms with van der Waals surface area (Å²) < 4.78 is 6.69. The second-order valence-corrected chi connectivity index (χ2v) is 7.83. The van der Waals surface area contributed by atoms with Crippen LogP contribution in [0.3, 0.4) is 0 Å². The first-order valence-electron chi connectivity index (χ1n) is 8.76. The summed E-state index contributed by atoms with van der Waals surface area (Å²) in [5.74, 6) is -0.00953. The largest absolute Gasteiger partial charge is 0.459 e. The first-order valence-corrected chi connectivity index (χ1v) is 9.95. The molecule has 0 fully saturated rings. The summed E-state index contributed by atoms with van der Waals surface area (Å²) in [6.45, 7) is 1.69. The van der Waals surface area contributed by atoms with E-state index in [1.54, 1.807) is 0 Å². The highest BCUT2D eigenvalue weighted by molar-refractivity contribution is 7.21. The van der Waals surface area contributed by atoms with Gasteiger partial charge < -0.3 is 15.1 Å². The Balaban J connectivity index is 1.38. The van der Waals surface area contributed by atoms with E-state index in [0.717, 1.165) is 21.1 Å². The molecule has 0 radical (unpaired) electrons. The maximum atomic E-state index is 12.4. The van der Waals surface area contributed by atoms with Gasteiger partial charge in [0.25, 0.3) is 5.91 Å². The maximum Gasteiger partial charge on any atom is 0.263 e. The van der Waals surface area contributed by atoms with Gasteiger partial charge in [-0.1, -0.05) is 48.0 Å². The molecule has 2 aromatic heterocycles. The fourth-order valence-corrected chi connectivity index (χ4v) is 4.41. The standard InChI is InChI=1S/C21H17ClN2O3S/c1-12(16-10-13-6-2-4-8-15(13)27-16)24-18(25)11-23-21(26)20-19(22)14-7-3-5-9-17(14)28-20/h2-10,12H,11H2,1H3,(H,23,26)(H,24,25)/t12-/m1/s1. The number of rotatable bonds is 5. The number of fused-ring (bicyclic) bond motifs is 2. The highest BCUT2D eigenvalue weighted by Crippen LogP contribution is 2.34. The van der Waals surface area contributed by atoms with Gasteiger partial charge in [0.2, 0.25) is 5.91 Å². The summed E-state index contributed by atoms with van der Waals surface area (Å²) in [7, 11) is 0. The van der Waals surface area contributed by atoms with E-state index in [9.17, 15) is 9.59 Å². The predicted molar refractivity (Wildman–Crippen MR) is 112 cm³/mol. The number of hydrogen-bond donors (Lipinski definition) is 2. The Hall–Kier alpha value is -2.83. The van der Waals surface area contributed by atoms with Crippen molar-refractivity contribution >= 4 is 55.8 Å². The number of furan rings is 1. The third-order valence-corrected chi connectivity index (χ3v) is 6.07. The van der Waals surface area contributed by atoms with Crippen LogP contribution in [0.1, 0.15) is 28.4 Å². The molecule has 7 heteroatoms. The van der Waals surface area contributed by atoms with Crippen molar-refractivity contribution in [1.82, 2.24) is 10.6 Å². The molecule has 28 heavy (non-hydrogen) atoms. The summed E-state index contributed by atoms with van der Waals surface area (Å²) in [6.07, 6.45) is 0. The highest BCUT2D eigenvalue weighted by Gasteiger charge is 2.19. The van der Waals surface area contributed by atoms with E-state index >= 15 is 0 Å². The number of carbonyl (C=O) groups is 2. The molecular formula is C21H17ClN2O3S. The number of amides is 2. The molecule has 0 bridgehead atoms. The first-order chi connectivity index (χ1) is 13.5. The molecule has 0 saturated heterocycles. The molecule has 0 aliphatic carbocycles. The van der Waals surface area contributed by atoms with E-state index in [0.29, 0.717) is 15.7 Å². The van der Waals surface area contributed by atoms with Gasteiger partial charge in [-0.3, -0.25) is 9.59 Å². The zero-order valence-corrected chi connectivity index (χ0v) is 16.6. The summed E-state index contributed by atoms with van der Waals surface area (Å²) in [4.78, 5) is 25.1. The summed E-state index contributed by atoms with van der Waals surface area (Å²) >= 11 is 7.61. The molecular weight excluding hydrogens is 396 g/mol. The Morgan fingerprint density at radius 2 is 1.89 bits per heavy atom. The molecule has 0 aliphatic rings. The lowest BCUT2D eigenvalue weighted by Crippen LogP contribution is -2.37. The van der Waals surface area contributed by atoms with Gasteiger partial charge in [-0.2, -0.15) is 0 Å². The zero-order chi connectivity index (χ0) is 19.7. The van der Waals surface area contributed by atoms with Crippen molar-refractivity contribution in [1.29, 1.82) is 0 Å². The Morgan fingerprint density at radius 3 is 2.68 bits per heavy atom. The lowest BCUT2D eigenvalue weighted by atomic mass is 10.2. The lowest BCUT2D eigenvalue weighted by molar-refractivity contribution is -0.120. The smallest absolute Gasteiger partial charge is 0.263 e. The van der Waals surface area contributed by atoms with Crippen LogP contribution in [0, 0.1) is 0 Å². The third kappa shape index (κ3) is 3.61. The number of carbonyl (C=O) groups excluding carboxylic acids is 2. The van der Waals surface area contributed by atoms with Crippen molar-refractivity contribution in [3.8, 4) is 0 Å². The van der Waals surface area contributed by atoms with Gasteiger partial charge in [0, 0.05) is 15.5 Å². The number of para-hydroxylation sites is 1. The molecule has 5 nitrogen and oxygen atoms in total. The average molecular weight is 413 g/mol. The van der Waals surface area contributed by atoms with Crippen LogP contribution in [-0.2, 0) is 4.79 Å². The van der Waals surface area contributed by atoms with Crippen LogP contribution in [0.2, 0.25) is 5.02 Å². The van der Waals surface area contributed by atoms with Gasteiger partial charge in [0.1, 0.15) is 16.2 Å². The second-order valence-electron chi connectivity index (χ2n) is 6.40. The van der Waals surface area contributed by atoms with Gasteiger partial charge in [0.15, 0.2) is 0 Å². The minimum atomic E-state index is -0.363. The van der Waals surface area contributed by atoms with E-state index in [1.165, 1.54) is 11.3 Å². The first kappa shape index (κ1) is 18.5. The average Bonchev–Trinajstić information content (AvgIpc) is 3.28. The van der Waals surface area contributed by atoms with E-state index in [4.69, 9.17) is 16.0 Å². The number of benzene rings is 2. The molecule has 142 valence electrons. The number of halogens is 1. The van der Waals surface area contributed by atoms with Crippen LogP contribution in [0.25, 0.3) is 21.1 Å². The minimum absolute atomic E-state index is 0.145. The lowest BCUT2D eigenvalue weighted by Gasteiger charge is -2.11. The van der Waals surface area contributed by atoms with Crippen molar-refractivity contribution in [3.63, 3.8) is 0 Å². The van der Waals surface area contributed by atoms with Crippen molar-refractivity contribution in [2.24, 2.45) is 0 Å². The molecule has 4 aromatic rings. The Bertz CT molecular complexity index is 1150. The number of nitrogens with one attached hydrogen (secondary N) is 2. The highest BCUT2D eigenvalue weighted by atomic mass is 35.5. The van der Waals surface area contributed by atoms with Crippen LogP contribution < -0.4 is 10.6 Å². The Labute approximate surface area is 170 Å². The molecule has 0 saturated carbocycles. The molecule has 0 aliphatic heterocycles. The van der Waals surface area contributed by atoms with Crippen molar-refractivity contribution in [3.05, 3.63) is 70.3 Å². The fourth-order valence-electron chi connectivity index (χ4n) is 2.98. The minimum Gasteiger partial charge on any atom is -0.459 e. The van der Waals surface area contributed by atoms with Crippen LogP contribution in [0.5, 0.6) is 0 Å². The molecule has 2 N–H and O–H groups in total. The summed E-state index contributed by atoms with van der Waals surface area (Å²) in [6, 6.07) is 16.8. The third-order valence-electron chi connectivity index (χ3n) is 4.40. The molecule has 2 aromatic carbocycles. The van der Waals surface area contributed by atoms with Gasteiger partial charge in [-0.05, 0) is 25.1 Å². The van der Waals surface area contributed by atoms with E-state index < -0.39 is 0 Å². The molecule has 1 atom stereocenters. The molecule has 2 amide bonds. The SMILES string of the molecule is C[C@@H](NC(=O)CNC(=O)c1sc2ccccc2c1Cl)c1cc2ccccc2o1. The van der Waals surface area contributed by atoms with E-state index in [-0.39, 0.29) is 24.4 Å². The number of thiophene rings is 1. The van der Waals surface area contributed by atoms with Crippen LogP contribution >= 0.6 is 22.9 Å². The predicted octanol–water partition coefficient (Wildman–Crippen LogP) is 4.91. The Morgan fingerprint density at radius 1 is 1.14 bits per heavy atom. The summed E-state index contributed by atoms with van der Waals surface area (Å²) in [5, 5.41) is 7.68. The molecule has 0 spiro atoms. The van der Waals surface area contributed by atoms with Gasteiger partial charge >= 0.3 is 0 Å². The summed E-state index contributed by atoms with van der Waals surface area (Å²) in [5.41, 5.74) is 0.770. The van der Waals surface area contributed by atoms with E-state index in [2.05, 4.69) is 10.6 Å². The molecule has 4 rings (SSSR count). The van der Waals surface area contributed by atoms with E-state index in [1.807, 2.05) is 61.5 Å². The van der Waals surface area contributed by atoms with Gasteiger partial charge in [-0.15, -0.1) is 11.3 Å². The van der Waals surface area contributed by atoms with Crippen molar-refractivity contribution in [2.45, 2.75) is 13.0 Å². The van der Waals surface area contributed by atoms with Crippen LogP contribution in [0.4, 0.5) is 0 Å². The fraction of sp³-hybridized carbons (Fsp3) is 0.143. The topological polar surface area (TPSA) is 71.3 Å². The molecule has 0 unspecified atom stereocenters. The number of hydrogen-bond acceptors (Lipinski definition) is 4. The van der Waals surface area contributed by atoms with Crippen LogP contribution in [0.15, 0.2) is 59.0 Å². The second kappa shape index (κ2) is 7.66.